The summed E-state index contributed by atoms with van der Waals surface area (Å²) in [5, 5.41) is 2.06. The van der Waals surface area contributed by atoms with Gasteiger partial charge in [-0.05, 0) is 31.4 Å². The lowest BCUT2D eigenvalue weighted by molar-refractivity contribution is -0.154. The molecule has 1 N–H and O–H groups in total. The van der Waals surface area contributed by atoms with Gasteiger partial charge in [-0.2, -0.15) is 0 Å². The number of amides is 1. The SMILES string of the molecule is C[C@H](OC(=O)[C@@H]1C[C@@H]1C)C(=O)Nc1ccc(F)c(F)c1F. The summed E-state index contributed by atoms with van der Waals surface area (Å²) in [5.41, 5.74) is -0.512. The van der Waals surface area contributed by atoms with Crippen LogP contribution in [0.5, 0.6) is 0 Å². The average Bonchev–Trinajstić information content (AvgIpc) is 3.16. The first-order valence-corrected chi connectivity index (χ1v) is 6.46. The first-order chi connectivity index (χ1) is 9.81. The molecule has 1 fully saturated rings. The molecule has 0 saturated heterocycles. The number of anilines is 1. The Morgan fingerprint density at radius 2 is 1.90 bits per heavy atom. The molecule has 2 rings (SSSR count). The summed E-state index contributed by atoms with van der Waals surface area (Å²) in [6.07, 6.45) is -0.442. The van der Waals surface area contributed by atoms with Gasteiger partial charge in [0.1, 0.15) is 0 Å². The van der Waals surface area contributed by atoms with E-state index in [2.05, 4.69) is 5.32 Å². The molecule has 0 aromatic heterocycles. The Balaban J connectivity index is 1.97. The lowest BCUT2D eigenvalue weighted by Crippen LogP contribution is -2.31. The van der Waals surface area contributed by atoms with E-state index in [1.807, 2.05) is 6.92 Å². The van der Waals surface area contributed by atoms with E-state index in [0.717, 1.165) is 6.07 Å². The summed E-state index contributed by atoms with van der Waals surface area (Å²) in [5.74, 6) is -5.82. The van der Waals surface area contributed by atoms with Crippen LogP contribution in [0.1, 0.15) is 20.3 Å². The monoisotopic (exact) mass is 301 g/mol. The van der Waals surface area contributed by atoms with E-state index in [1.165, 1.54) is 6.92 Å². The molecule has 7 heteroatoms. The summed E-state index contributed by atoms with van der Waals surface area (Å²) in [6.45, 7) is 3.20. The van der Waals surface area contributed by atoms with E-state index in [9.17, 15) is 22.8 Å². The second-order valence-corrected chi connectivity index (χ2v) is 5.11. The maximum atomic E-state index is 13.4. The summed E-state index contributed by atoms with van der Waals surface area (Å²) in [4.78, 5) is 23.3. The second kappa shape index (κ2) is 5.75. The predicted molar refractivity (Wildman–Crippen MR) is 67.8 cm³/mol. The van der Waals surface area contributed by atoms with Crippen molar-refractivity contribution < 1.29 is 27.5 Å². The Hall–Kier alpha value is -2.05. The molecule has 1 aliphatic rings. The summed E-state index contributed by atoms with van der Waals surface area (Å²) < 4.78 is 44.1. The number of benzene rings is 1. The fourth-order valence-electron chi connectivity index (χ4n) is 1.82. The molecule has 0 heterocycles. The molecular formula is C14H14F3NO3. The Morgan fingerprint density at radius 1 is 1.29 bits per heavy atom. The Morgan fingerprint density at radius 3 is 2.48 bits per heavy atom. The van der Waals surface area contributed by atoms with Crippen LogP contribution in [-0.2, 0) is 14.3 Å². The number of ether oxygens (including phenoxy) is 1. The molecule has 4 nitrogen and oxygen atoms in total. The van der Waals surface area contributed by atoms with Gasteiger partial charge < -0.3 is 10.1 Å². The van der Waals surface area contributed by atoms with E-state index in [-0.39, 0.29) is 11.8 Å². The number of nitrogens with one attached hydrogen (secondary N) is 1. The average molecular weight is 301 g/mol. The van der Waals surface area contributed by atoms with Crippen molar-refractivity contribution in [3.05, 3.63) is 29.6 Å². The molecule has 114 valence electrons. The number of hydrogen-bond donors (Lipinski definition) is 1. The zero-order valence-electron chi connectivity index (χ0n) is 11.5. The quantitative estimate of drug-likeness (QED) is 0.687. The third kappa shape index (κ3) is 3.34. The van der Waals surface area contributed by atoms with Crippen LogP contribution in [0.25, 0.3) is 0 Å². The van der Waals surface area contributed by atoms with Gasteiger partial charge in [-0.15, -0.1) is 0 Å². The van der Waals surface area contributed by atoms with Gasteiger partial charge >= 0.3 is 5.97 Å². The van der Waals surface area contributed by atoms with Crippen molar-refractivity contribution in [1.82, 2.24) is 0 Å². The molecule has 0 aliphatic heterocycles. The van der Waals surface area contributed by atoms with Crippen molar-refractivity contribution in [1.29, 1.82) is 0 Å². The highest BCUT2D eigenvalue weighted by Crippen LogP contribution is 2.38. The first kappa shape index (κ1) is 15.3. The number of rotatable bonds is 4. The van der Waals surface area contributed by atoms with Crippen LogP contribution >= 0.6 is 0 Å². The minimum Gasteiger partial charge on any atom is -0.452 e. The highest BCUT2D eigenvalue weighted by atomic mass is 19.2. The van der Waals surface area contributed by atoms with Crippen molar-refractivity contribution in [3.8, 4) is 0 Å². The van der Waals surface area contributed by atoms with Gasteiger partial charge in [0.2, 0.25) is 0 Å². The minimum atomic E-state index is -1.68. The Kier molecular flexibility index (Phi) is 4.20. The number of carbonyl (C=O) groups excluding carboxylic acids is 2. The third-order valence-electron chi connectivity index (χ3n) is 3.37. The Bertz CT molecular complexity index is 591. The summed E-state index contributed by atoms with van der Waals surface area (Å²) in [6, 6.07) is 1.58. The smallest absolute Gasteiger partial charge is 0.309 e. The second-order valence-electron chi connectivity index (χ2n) is 5.11. The zero-order chi connectivity index (χ0) is 15.7. The normalized spacial score (nSPS) is 21.6. The molecule has 0 radical (unpaired) electrons. The largest absolute Gasteiger partial charge is 0.452 e. The van der Waals surface area contributed by atoms with Crippen molar-refractivity contribution >= 4 is 17.6 Å². The van der Waals surface area contributed by atoms with Crippen LogP contribution < -0.4 is 5.32 Å². The Labute approximate surface area is 119 Å². The van der Waals surface area contributed by atoms with Crippen LogP contribution in [0, 0.1) is 29.3 Å². The van der Waals surface area contributed by atoms with Crippen LogP contribution in [0.3, 0.4) is 0 Å². The third-order valence-corrected chi connectivity index (χ3v) is 3.37. The fraction of sp³-hybridized carbons (Fsp3) is 0.429. The molecule has 1 amide bonds. The van der Waals surface area contributed by atoms with Gasteiger partial charge in [0.25, 0.3) is 5.91 Å². The zero-order valence-corrected chi connectivity index (χ0v) is 11.5. The van der Waals surface area contributed by atoms with E-state index < -0.39 is 41.1 Å². The number of carbonyl (C=O) groups is 2. The van der Waals surface area contributed by atoms with Crippen molar-refractivity contribution in [2.45, 2.75) is 26.4 Å². The highest BCUT2D eigenvalue weighted by Gasteiger charge is 2.41. The molecule has 1 saturated carbocycles. The van der Waals surface area contributed by atoms with Gasteiger partial charge in [0, 0.05) is 0 Å². The van der Waals surface area contributed by atoms with Crippen molar-refractivity contribution in [2.24, 2.45) is 11.8 Å². The number of halogens is 3. The molecule has 1 aromatic carbocycles. The standard InChI is InChI=1S/C14H14F3NO3/c1-6-5-8(6)14(20)21-7(2)13(19)18-10-4-3-9(15)11(16)12(10)17/h3-4,6-8H,5H2,1-2H3,(H,18,19)/t6-,7-,8+/m0/s1. The van der Waals surface area contributed by atoms with Gasteiger partial charge in [0.05, 0.1) is 11.6 Å². The lowest BCUT2D eigenvalue weighted by Gasteiger charge is -2.14. The molecule has 21 heavy (non-hydrogen) atoms. The van der Waals surface area contributed by atoms with Crippen molar-refractivity contribution in [2.75, 3.05) is 5.32 Å². The van der Waals surface area contributed by atoms with Gasteiger partial charge in [-0.25, -0.2) is 13.2 Å². The van der Waals surface area contributed by atoms with Crippen LogP contribution in [0.4, 0.5) is 18.9 Å². The fourth-order valence-corrected chi connectivity index (χ4v) is 1.82. The molecule has 0 bridgehead atoms. The van der Waals surface area contributed by atoms with E-state index in [1.54, 1.807) is 0 Å². The van der Waals surface area contributed by atoms with Gasteiger partial charge in [-0.1, -0.05) is 6.92 Å². The maximum Gasteiger partial charge on any atom is 0.309 e. The highest BCUT2D eigenvalue weighted by molar-refractivity contribution is 5.95. The minimum absolute atomic E-state index is 0.208. The van der Waals surface area contributed by atoms with Gasteiger partial charge in [0.15, 0.2) is 23.6 Å². The van der Waals surface area contributed by atoms with Crippen LogP contribution in [0.2, 0.25) is 0 Å². The van der Waals surface area contributed by atoms with E-state index in [0.29, 0.717) is 12.5 Å². The maximum absolute atomic E-state index is 13.4. The molecular weight excluding hydrogens is 287 g/mol. The van der Waals surface area contributed by atoms with Crippen LogP contribution in [-0.4, -0.2) is 18.0 Å². The van der Waals surface area contributed by atoms with E-state index in [4.69, 9.17) is 4.74 Å². The van der Waals surface area contributed by atoms with E-state index >= 15 is 0 Å². The molecule has 1 aliphatic carbocycles. The number of esters is 1. The predicted octanol–water partition coefficient (Wildman–Crippen LogP) is 2.63. The number of hydrogen-bond acceptors (Lipinski definition) is 3. The molecule has 0 unspecified atom stereocenters. The first-order valence-electron chi connectivity index (χ1n) is 6.46. The van der Waals surface area contributed by atoms with Gasteiger partial charge in [-0.3, -0.25) is 9.59 Å². The summed E-state index contributed by atoms with van der Waals surface area (Å²) >= 11 is 0. The molecule has 0 spiro atoms. The lowest BCUT2D eigenvalue weighted by atomic mass is 10.2. The topological polar surface area (TPSA) is 55.4 Å². The summed E-state index contributed by atoms with van der Waals surface area (Å²) in [7, 11) is 0. The molecule has 3 atom stereocenters. The molecule has 1 aromatic rings. The van der Waals surface area contributed by atoms with Crippen molar-refractivity contribution in [3.63, 3.8) is 0 Å². The van der Waals surface area contributed by atoms with Crippen LogP contribution in [0.15, 0.2) is 12.1 Å².